The molecule has 244 valence electrons. The fraction of sp³-hybridized carbons (Fsp3) is 0.314. The van der Waals surface area contributed by atoms with Gasteiger partial charge in [0.1, 0.15) is 6.04 Å². The molecular weight excluding hydrogens is 623 g/mol. The van der Waals surface area contributed by atoms with Crippen molar-refractivity contribution in [2.24, 2.45) is 0 Å². The van der Waals surface area contributed by atoms with Gasteiger partial charge in [-0.15, -0.1) is 0 Å². The Labute approximate surface area is 273 Å². The van der Waals surface area contributed by atoms with Crippen LogP contribution >= 0.6 is 0 Å². The highest BCUT2D eigenvalue weighted by Gasteiger charge is 2.30. The number of aliphatic hydroxyl groups is 1. The molecule has 0 spiro atoms. The van der Waals surface area contributed by atoms with E-state index < -0.39 is 50.5 Å². The number of carbonyl (C=O) groups excluding carboxylic acids is 2. The maximum atomic E-state index is 13.7. The van der Waals surface area contributed by atoms with Crippen LogP contribution in [-0.2, 0) is 38.5 Å². The number of sulfonamides is 1. The second-order valence-corrected chi connectivity index (χ2v) is 15.7. The van der Waals surface area contributed by atoms with Crippen molar-refractivity contribution in [2.75, 3.05) is 12.0 Å². The summed E-state index contributed by atoms with van der Waals surface area (Å²) in [6.07, 6.45) is 0.0437. The molecule has 0 aliphatic rings. The molecule has 46 heavy (non-hydrogen) atoms. The van der Waals surface area contributed by atoms with Crippen molar-refractivity contribution in [1.29, 1.82) is 0 Å². The van der Waals surface area contributed by atoms with Crippen LogP contribution in [-0.4, -0.2) is 65.3 Å². The lowest BCUT2D eigenvalue weighted by Gasteiger charge is -2.28. The Balaban J connectivity index is 1.59. The van der Waals surface area contributed by atoms with Crippen LogP contribution in [0.1, 0.15) is 42.3 Å². The van der Waals surface area contributed by atoms with E-state index in [2.05, 4.69) is 15.4 Å². The Hall–Kier alpha value is -3.90. The maximum absolute atomic E-state index is 13.7. The van der Waals surface area contributed by atoms with Crippen molar-refractivity contribution in [2.45, 2.75) is 62.2 Å². The molecule has 2 amide bonds. The molecule has 11 heteroatoms. The largest absolute Gasteiger partial charge is 0.391 e. The molecule has 0 radical (unpaired) electrons. The Morgan fingerprint density at radius 3 is 2.15 bits per heavy atom. The summed E-state index contributed by atoms with van der Waals surface area (Å²) in [7, 11) is -5.61. The Kier molecular flexibility index (Phi) is 11.5. The number of hydrogen-bond acceptors (Lipinski definition) is 6. The predicted molar refractivity (Wildman–Crippen MR) is 182 cm³/mol. The summed E-state index contributed by atoms with van der Waals surface area (Å²) in [6.45, 7) is 5.63. The average molecular weight is 664 g/mol. The predicted octanol–water partition coefficient (Wildman–Crippen LogP) is 3.72. The van der Waals surface area contributed by atoms with Crippen LogP contribution in [0.4, 0.5) is 0 Å². The van der Waals surface area contributed by atoms with Crippen LogP contribution in [0, 0.1) is 0 Å². The van der Waals surface area contributed by atoms with Gasteiger partial charge < -0.3 is 15.7 Å². The summed E-state index contributed by atoms with van der Waals surface area (Å²) in [6, 6.07) is 26.8. The van der Waals surface area contributed by atoms with Gasteiger partial charge in [0.15, 0.2) is 0 Å². The van der Waals surface area contributed by atoms with Gasteiger partial charge in [0.05, 0.1) is 35.0 Å². The van der Waals surface area contributed by atoms with Crippen LogP contribution < -0.4 is 15.4 Å². The number of amides is 2. The minimum atomic E-state index is -3.88. The number of carbonyl (C=O) groups is 2. The quantitative estimate of drug-likeness (QED) is 0.172. The fourth-order valence-corrected chi connectivity index (χ4v) is 7.13. The van der Waals surface area contributed by atoms with Gasteiger partial charge in [-0.2, -0.15) is 0 Å². The highest BCUT2D eigenvalue weighted by atomic mass is 32.2. The van der Waals surface area contributed by atoms with Crippen LogP contribution in [0.2, 0.25) is 0 Å². The minimum Gasteiger partial charge on any atom is -0.391 e. The molecule has 0 heterocycles. The van der Waals surface area contributed by atoms with Crippen molar-refractivity contribution in [3.63, 3.8) is 0 Å². The zero-order valence-electron chi connectivity index (χ0n) is 26.4. The Bertz CT molecular complexity index is 1810. The first-order valence-electron chi connectivity index (χ1n) is 15.0. The summed E-state index contributed by atoms with van der Waals surface area (Å²) in [5.41, 5.74) is 1.36. The van der Waals surface area contributed by atoms with Crippen LogP contribution in [0.25, 0.3) is 10.8 Å². The molecule has 0 aliphatic heterocycles. The number of nitrogens with one attached hydrogen (secondary N) is 3. The van der Waals surface area contributed by atoms with E-state index in [-0.39, 0.29) is 24.5 Å². The third kappa shape index (κ3) is 10.3. The molecule has 0 saturated carbocycles. The first-order chi connectivity index (χ1) is 21.7. The fourth-order valence-electron chi connectivity index (χ4n) is 5.11. The molecule has 0 saturated heterocycles. The molecular formula is C35H41N3O6S2. The molecule has 0 aromatic heterocycles. The summed E-state index contributed by atoms with van der Waals surface area (Å²) >= 11 is 0. The molecule has 4 unspecified atom stereocenters. The number of rotatable bonds is 13. The molecule has 4 aromatic carbocycles. The summed E-state index contributed by atoms with van der Waals surface area (Å²) in [4.78, 5) is 27.3. The lowest BCUT2D eigenvalue weighted by atomic mass is 9.93. The zero-order valence-corrected chi connectivity index (χ0v) is 28.0. The van der Waals surface area contributed by atoms with Gasteiger partial charge >= 0.3 is 0 Å². The molecule has 0 fully saturated rings. The van der Waals surface area contributed by atoms with E-state index in [0.29, 0.717) is 16.0 Å². The van der Waals surface area contributed by atoms with E-state index in [9.17, 15) is 27.3 Å². The number of benzene rings is 4. The highest BCUT2D eigenvalue weighted by molar-refractivity contribution is 7.89. The number of aliphatic hydroxyl groups excluding tert-OH is 1. The van der Waals surface area contributed by atoms with Gasteiger partial charge in [-0.3, -0.25) is 13.8 Å². The van der Waals surface area contributed by atoms with Crippen LogP contribution in [0.5, 0.6) is 0 Å². The number of fused-ring (bicyclic) bond motifs is 1. The van der Waals surface area contributed by atoms with Crippen molar-refractivity contribution < 1.29 is 27.3 Å². The van der Waals surface area contributed by atoms with Gasteiger partial charge in [-0.25, -0.2) is 13.1 Å². The number of hydrogen-bond donors (Lipinski definition) is 4. The minimum absolute atomic E-state index is 0.0404. The average Bonchev–Trinajstić information content (AvgIpc) is 2.99. The normalized spacial score (nSPS) is 14.6. The molecule has 0 aliphatic carbocycles. The Morgan fingerprint density at radius 1 is 0.848 bits per heavy atom. The maximum Gasteiger partial charge on any atom is 0.251 e. The SMILES string of the molecule is CC(C)(C)NC(=O)c1ccccc1CC(O)C(Cc1ccccc1)NC(=O)C(CS(=O)c1ccc2ccccc2c1)NS(C)(=O)=O. The molecule has 4 aromatic rings. The van der Waals surface area contributed by atoms with Crippen molar-refractivity contribution in [1.82, 2.24) is 15.4 Å². The first kappa shape index (κ1) is 35.0. The third-order valence-electron chi connectivity index (χ3n) is 7.24. The highest BCUT2D eigenvalue weighted by Crippen LogP contribution is 2.20. The lowest BCUT2D eigenvalue weighted by Crippen LogP contribution is -2.55. The van der Waals surface area contributed by atoms with Gasteiger partial charge in [-0.05, 0) is 67.3 Å². The smallest absolute Gasteiger partial charge is 0.251 e. The second-order valence-electron chi connectivity index (χ2n) is 12.4. The molecule has 4 rings (SSSR count). The summed E-state index contributed by atoms with van der Waals surface area (Å²) < 4.78 is 40.4. The van der Waals surface area contributed by atoms with Crippen molar-refractivity contribution in [3.8, 4) is 0 Å². The van der Waals surface area contributed by atoms with Gasteiger partial charge in [-0.1, -0.05) is 78.9 Å². The van der Waals surface area contributed by atoms with Gasteiger partial charge in [0.25, 0.3) is 5.91 Å². The molecule has 0 bridgehead atoms. The summed E-state index contributed by atoms with van der Waals surface area (Å²) in [5.74, 6) is -1.33. The first-order valence-corrected chi connectivity index (χ1v) is 18.2. The second kappa shape index (κ2) is 15.1. The monoisotopic (exact) mass is 663 g/mol. The van der Waals surface area contributed by atoms with Crippen molar-refractivity contribution >= 4 is 43.4 Å². The van der Waals surface area contributed by atoms with E-state index in [4.69, 9.17) is 0 Å². The summed E-state index contributed by atoms with van der Waals surface area (Å²) in [5, 5.41) is 19.1. The molecule has 4 atom stereocenters. The van der Waals surface area contributed by atoms with Crippen LogP contribution in [0.15, 0.2) is 102 Å². The van der Waals surface area contributed by atoms with E-state index in [0.717, 1.165) is 22.6 Å². The Morgan fingerprint density at radius 2 is 1.48 bits per heavy atom. The lowest BCUT2D eigenvalue weighted by molar-refractivity contribution is -0.123. The zero-order chi connectivity index (χ0) is 33.5. The van der Waals surface area contributed by atoms with E-state index in [1.54, 1.807) is 36.4 Å². The molecule has 9 nitrogen and oxygen atoms in total. The molecule has 4 N–H and O–H groups in total. The van der Waals surface area contributed by atoms with E-state index >= 15 is 0 Å². The van der Waals surface area contributed by atoms with Gasteiger partial charge in [0, 0.05) is 22.4 Å². The van der Waals surface area contributed by atoms with Crippen molar-refractivity contribution in [3.05, 3.63) is 114 Å². The standard InChI is InChI=1S/C35H41N3O6S2/c1-35(2,3)37-33(40)29-17-11-10-16-27(29)22-32(39)30(20-24-12-6-5-7-13-24)36-34(41)31(38-46(4,43)44)23-45(42)28-19-18-25-14-8-9-15-26(25)21-28/h5-19,21,30-32,38-39H,20,22-23H2,1-4H3,(H,36,41)(H,37,40). The van der Waals surface area contributed by atoms with Crippen LogP contribution in [0.3, 0.4) is 0 Å². The third-order valence-corrected chi connectivity index (χ3v) is 9.37. The topological polar surface area (TPSA) is 142 Å². The van der Waals surface area contributed by atoms with E-state index in [1.165, 1.54) is 0 Å². The van der Waals surface area contributed by atoms with Gasteiger partial charge in [0.2, 0.25) is 15.9 Å². The van der Waals surface area contributed by atoms with E-state index in [1.807, 2.05) is 81.4 Å².